The second-order valence-electron chi connectivity index (χ2n) is 4.86. The standard InChI is InChI=1S/C13H24N4O/c1-5-13(6-2,8-14)9-15-12(18)11-7-16-17(4)10(11)3/h7H,5-6,8-9,14H2,1-4H3,(H,15,18). The largest absolute Gasteiger partial charge is 0.351 e. The third-order valence-electron chi connectivity index (χ3n) is 4.04. The van der Waals surface area contributed by atoms with Crippen LogP contribution in [0.1, 0.15) is 42.7 Å². The van der Waals surface area contributed by atoms with E-state index >= 15 is 0 Å². The summed E-state index contributed by atoms with van der Waals surface area (Å²) >= 11 is 0. The van der Waals surface area contributed by atoms with Crippen LogP contribution in [0.4, 0.5) is 0 Å². The summed E-state index contributed by atoms with van der Waals surface area (Å²) < 4.78 is 1.70. The van der Waals surface area contributed by atoms with Gasteiger partial charge in [0, 0.05) is 19.3 Å². The smallest absolute Gasteiger partial charge is 0.254 e. The number of amides is 1. The van der Waals surface area contributed by atoms with Crippen molar-refractivity contribution in [1.82, 2.24) is 15.1 Å². The molecule has 3 N–H and O–H groups in total. The fraction of sp³-hybridized carbons (Fsp3) is 0.692. The first kappa shape index (κ1) is 14.7. The zero-order chi connectivity index (χ0) is 13.8. The Hall–Kier alpha value is -1.36. The number of rotatable bonds is 6. The molecule has 102 valence electrons. The van der Waals surface area contributed by atoms with Crippen LogP contribution in [0.3, 0.4) is 0 Å². The second kappa shape index (κ2) is 6.00. The van der Waals surface area contributed by atoms with Crippen LogP contribution in [-0.4, -0.2) is 28.8 Å². The lowest BCUT2D eigenvalue weighted by Crippen LogP contribution is -2.41. The van der Waals surface area contributed by atoms with Crippen LogP contribution < -0.4 is 11.1 Å². The summed E-state index contributed by atoms with van der Waals surface area (Å²) in [4.78, 5) is 12.1. The predicted octanol–water partition coefficient (Wildman–Crippen LogP) is 1.22. The fourth-order valence-corrected chi connectivity index (χ4v) is 1.95. The van der Waals surface area contributed by atoms with E-state index in [1.54, 1.807) is 10.9 Å². The molecule has 5 nitrogen and oxygen atoms in total. The minimum atomic E-state index is -0.0691. The average molecular weight is 252 g/mol. The monoisotopic (exact) mass is 252 g/mol. The van der Waals surface area contributed by atoms with E-state index in [4.69, 9.17) is 5.73 Å². The Morgan fingerprint density at radius 1 is 1.50 bits per heavy atom. The van der Waals surface area contributed by atoms with Gasteiger partial charge in [0.05, 0.1) is 11.8 Å². The van der Waals surface area contributed by atoms with E-state index in [1.807, 2.05) is 14.0 Å². The fourth-order valence-electron chi connectivity index (χ4n) is 1.95. The Morgan fingerprint density at radius 2 is 2.11 bits per heavy atom. The summed E-state index contributed by atoms with van der Waals surface area (Å²) in [7, 11) is 1.83. The summed E-state index contributed by atoms with van der Waals surface area (Å²) in [6.45, 7) is 7.31. The van der Waals surface area contributed by atoms with Gasteiger partial charge in [0.2, 0.25) is 0 Å². The van der Waals surface area contributed by atoms with E-state index in [2.05, 4.69) is 24.3 Å². The topological polar surface area (TPSA) is 72.9 Å². The van der Waals surface area contributed by atoms with E-state index in [0.29, 0.717) is 18.7 Å². The maximum atomic E-state index is 12.1. The second-order valence-corrected chi connectivity index (χ2v) is 4.86. The quantitative estimate of drug-likeness (QED) is 0.799. The van der Waals surface area contributed by atoms with E-state index < -0.39 is 0 Å². The molecule has 0 unspecified atom stereocenters. The number of nitrogens with one attached hydrogen (secondary N) is 1. The van der Waals surface area contributed by atoms with Gasteiger partial charge in [-0.25, -0.2) is 0 Å². The molecule has 0 aliphatic heterocycles. The number of carbonyl (C=O) groups is 1. The minimum Gasteiger partial charge on any atom is -0.351 e. The first-order valence-electron chi connectivity index (χ1n) is 6.46. The van der Waals surface area contributed by atoms with Gasteiger partial charge in [-0.1, -0.05) is 13.8 Å². The molecule has 0 fully saturated rings. The van der Waals surface area contributed by atoms with Crippen LogP contribution >= 0.6 is 0 Å². The third-order valence-corrected chi connectivity index (χ3v) is 4.04. The van der Waals surface area contributed by atoms with Gasteiger partial charge in [-0.2, -0.15) is 5.10 Å². The lowest BCUT2D eigenvalue weighted by Gasteiger charge is -2.30. The lowest BCUT2D eigenvalue weighted by atomic mass is 9.82. The number of carbonyl (C=O) groups excluding carboxylic acids is 1. The average Bonchev–Trinajstić information content (AvgIpc) is 2.72. The van der Waals surface area contributed by atoms with E-state index in [1.165, 1.54) is 0 Å². The third kappa shape index (κ3) is 2.90. The highest BCUT2D eigenvalue weighted by atomic mass is 16.1. The van der Waals surface area contributed by atoms with Crippen LogP contribution in [0.25, 0.3) is 0 Å². The Morgan fingerprint density at radius 3 is 2.50 bits per heavy atom. The summed E-state index contributed by atoms with van der Waals surface area (Å²) in [5.41, 5.74) is 7.33. The van der Waals surface area contributed by atoms with E-state index in [9.17, 15) is 4.79 Å². The molecule has 0 saturated heterocycles. The van der Waals surface area contributed by atoms with Gasteiger partial charge in [0.15, 0.2) is 0 Å². The van der Waals surface area contributed by atoms with Crippen molar-refractivity contribution in [3.05, 3.63) is 17.5 Å². The number of nitrogens with two attached hydrogens (primary N) is 1. The number of aromatic nitrogens is 2. The first-order valence-corrected chi connectivity index (χ1v) is 6.46. The molecule has 0 bridgehead atoms. The highest BCUT2D eigenvalue weighted by Gasteiger charge is 2.25. The van der Waals surface area contributed by atoms with Gasteiger partial charge in [-0.05, 0) is 31.7 Å². The Labute approximate surface area is 109 Å². The molecule has 1 rings (SSSR count). The van der Waals surface area contributed by atoms with Gasteiger partial charge >= 0.3 is 0 Å². The number of hydrogen-bond acceptors (Lipinski definition) is 3. The SMILES string of the molecule is CCC(CC)(CN)CNC(=O)c1cnn(C)c1C. The van der Waals surface area contributed by atoms with Crippen molar-refractivity contribution in [2.24, 2.45) is 18.2 Å². The number of nitrogens with zero attached hydrogens (tertiary/aromatic N) is 2. The maximum Gasteiger partial charge on any atom is 0.254 e. The molecule has 0 aliphatic rings. The van der Waals surface area contributed by atoms with Crippen molar-refractivity contribution in [2.75, 3.05) is 13.1 Å². The van der Waals surface area contributed by atoms with Crippen molar-refractivity contribution in [1.29, 1.82) is 0 Å². The van der Waals surface area contributed by atoms with Crippen molar-refractivity contribution in [3.8, 4) is 0 Å². The lowest BCUT2D eigenvalue weighted by molar-refractivity contribution is 0.0927. The molecule has 0 aromatic carbocycles. The molecule has 18 heavy (non-hydrogen) atoms. The van der Waals surface area contributed by atoms with Gasteiger partial charge in [0.25, 0.3) is 5.91 Å². The van der Waals surface area contributed by atoms with Crippen molar-refractivity contribution >= 4 is 5.91 Å². The zero-order valence-electron chi connectivity index (χ0n) is 11.8. The molecule has 1 amide bonds. The molecule has 0 aliphatic carbocycles. The van der Waals surface area contributed by atoms with E-state index in [0.717, 1.165) is 18.5 Å². The van der Waals surface area contributed by atoms with Crippen molar-refractivity contribution < 1.29 is 4.79 Å². The van der Waals surface area contributed by atoms with Crippen LogP contribution in [0, 0.1) is 12.3 Å². The van der Waals surface area contributed by atoms with Crippen LogP contribution in [0.2, 0.25) is 0 Å². The molecule has 1 aromatic rings. The van der Waals surface area contributed by atoms with Crippen molar-refractivity contribution in [3.63, 3.8) is 0 Å². The molecule has 0 saturated carbocycles. The molecule has 0 radical (unpaired) electrons. The maximum absolute atomic E-state index is 12.1. The zero-order valence-corrected chi connectivity index (χ0v) is 11.8. The summed E-state index contributed by atoms with van der Waals surface area (Å²) in [6, 6.07) is 0. The molecule has 0 atom stereocenters. The van der Waals surface area contributed by atoms with Crippen LogP contribution in [0.15, 0.2) is 6.20 Å². The normalized spacial score (nSPS) is 11.6. The Balaban J connectivity index is 2.69. The summed E-state index contributed by atoms with van der Waals surface area (Å²) in [6.07, 6.45) is 3.53. The Bertz CT molecular complexity index is 399. The summed E-state index contributed by atoms with van der Waals surface area (Å²) in [5, 5.41) is 7.05. The van der Waals surface area contributed by atoms with Gasteiger partial charge < -0.3 is 11.1 Å². The van der Waals surface area contributed by atoms with Crippen LogP contribution in [0.5, 0.6) is 0 Å². The number of aryl methyl sites for hydroxylation is 1. The molecule has 1 heterocycles. The molecular weight excluding hydrogens is 228 g/mol. The minimum absolute atomic E-state index is 0.00573. The number of hydrogen-bond donors (Lipinski definition) is 2. The summed E-state index contributed by atoms with van der Waals surface area (Å²) in [5.74, 6) is -0.0691. The molecule has 1 aromatic heterocycles. The predicted molar refractivity (Wildman–Crippen MR) is 72.3 cm³/mol. The molecule has 0 spiro atoms. The molecule has 5 heteroatoms. The highest BCUT2D eigenvalue weighted by Crippen LogP contribution is 2.23. The van der Waals surface area contributed by atoms with Gasteiger partial charge in [-0.15, -0.1) is 0 Å². The van der Waals surface area contributed by atoms with Gasteiger partial charge in [0.1, 0.15) is 0 Å². The highest BCUT2D eigenvalue weighted by molar-refractivity contribution is 5.95. The Kier molecular flexibility index (Phi) is 4.90. The van der Waals surface area contributed by atoms with E-state index in [-0.39, 0.29) is 11.3 Å². The van der Waals surface area contributed by atoms with Crippen molar-refractivity contribution in [2.45, 2.75) is 33.6 Å². The van der Waals surface area contributed by atoms with Gasteiger partial charge in [-0.3, -0.25) is 9.48 Å². The molecular formula is C13H24N4O. The van der Waals surface area contributed by atoms with Crippen LogP contribution in [-0.2, 0) is 7.05 Å². The first-order chi connectivity index (χ1) is 8.49.